The van der Waals surface area contributed by atoms with Gasteiger partial charge in [-0.25, -0.2) is 0 Å². The zero-order chi connectivity index (χ0) is 22.8. The van der Waals surface area contributed by atoms with Crippen LogP contribution in [0.3, 0.4) is 0 Å². The molecule has 0 aliphatic heterocycles. The van der Waals surface area contributed by atoms with Crippen LogP contribution >= 0.6 is 11.6 Å². The molecule has 0 saturated heterocycles. The van der Waals surface area contributed by atoms with Crippen LogP contribution in [0.1, 0.15) is 22.3 Å². The van der Waals surface area contributed by atoms with Gasteiger partial charge in [0.2, 0.25) is 5.88 Å². The topological polar surface area (TPSA) is 98.6 Å². The zero-order valence-corrected chi connectivity index (χ0v) is 17.8. The molecule has 0 bridgehead atoms. The van der Waals surface area contributed by atoms with E-state index in [0.717, 1.165) is 20.9 Å². The van der Waals surface area contributed by atoms with E-state index in [1.54, 1.807) is 6.92 Å². The molecule has 2 N–H and O–H groups in total. The number of nitrogens with zero attached hydrogens (tertiary/aromatic N) is 3. The Hall–Kier alpha value is -4.08. The highest BCUT2D eigenvalue weighted by Gasteiger charge is 2.19. The quantitative estimate of drug-likeness (QED) is 0.431. The maximum absolute atomic E-state index is 13.0. The average molecular weight is 444 g/mol. The molecule has 0 amide bonds. The maximum Gasteiger partial charge on any atom is 0.271 e. The summed E-state index contributed by atoms with van der Waals surface area (Å²) < 4.78 is 1.16. The maximum atomic E-state index is 13.0. The first-order valence-corrected chi connectivity index (χ1v) is 10.1. The van der Waals surface area contributed by atoms with E-state index in [4.69, 9.17) is 11.6 Å². The fraction of sp³-hybridized carbons (Fsp3) is 0.0800. The van der Waals surface area contributed by atoms with Crippen molar-refractivity contribution in [2.45, 2.75) is 13.5 Å². The number of pyridine rings is 1. The zero-order valence-electron chi connectivity index (χ0n) is 17.1. The largest absolute Gasteiger partial charge is 0.506 e. The first-order valence-electron chi connectivity index (χ1n) is 9.76. The summed E-state index contributed by atoms with van der Waals surface area (Å²) in [6.45, 7) is 1.64. The number of nitriles is 1. The van der Waals surface area contributed by atoms with Crippen LogP contribution in [0.4, 0.5) is 5.69 Å². The lowest BCUT2D eigenvalue weighted by molar-refractivity contribution is 0.413. The number of rotatable bonds is 4. The molecule has 7 heteroatoms. The second-order valence-electron chi connectivity index (χ2n) is 7.27. The highest BCUT2D eigenvalue weighted by Crippen LogP contribution is 2.30. The molecule has 0 aliphatic carbocycles. The predicted molar refractivity (Wildman–Crippen MR) is 125 cm³/mol. The number of hydrogen-bond acceptors (Lipinski definition) is 5. The molecule has 0 unspecified atom stereocenters. The van der Waals surface area contributed by atoms with Gasteiger partial charge in [-0.2, -0.15) is 5.26 Å². The normalized spacial score (nSPS) is 11.2. The van der Waals surface area contributed by atoms with E-state index in [1.807, 2.05) is 48.5 Å². The highest BCUT2D eigenvalue weighted by atomic mass is 35.5. The fourth-order valence-electron chi connectivity index (χ4n) is 3.61. The summed E-state index contributed by atoms with van der Waals surface area (Å²) in [7, 11) is 0. The van der Waals surface area contributed by atoms with E-state index in [-0.39, 0.29) is 35.0 Å². The Morgan fingerprint density at radius 1 is 1.12 bits per heavy atom. The molecular formula is C25H18ClN3O3. The first kappa shape index (κ1) is 21.2. The van der Waals surface area contributed by atoms with Crippen molar-refractivity contribution in [1.29, 1.82) is 5.26 Å². The molecule has 158 valence electrons. The molecular weight excluding hydrogens is 426 g/mol. The number of phenolic OH excluding ortho intramolecular Hbond substituents is 1. The molecule has 6 nitrogen and oxygen atoms in total. The molecule has 32 heavy (non-hydrogen) atoms. The smallest absolute Gasteiger partial charge is 0.271 e. The van der Waals surface area contributed by atoms with Gasteiger partial charge in [-0.3, -0.25) is 14.4 Å². The SMILES string of the molecule is Cc1c(C=Nc2cc(Cl)ccc2O)c(O)n(Cc2cccc3ccccc23)c(=O)c1C#N. The fourth-order valence-corrected chi connectivity index (χ4v) is 3.77. The van der Waals surface area contributed by atoms with Crippen LogP contribution in [0.25, 0.3) is 10.8 Å². The Morgan fingerprint density at radius 3 is 2.66 bits per heavy atom. The minimum Gasteiger partial charge on any atom is -0.506 e. The molecule has 1 heterocycles. The highest BCUT2D eigenvalue weighted by molar-refractivity contribution is 6.30. The third kappa shape index (κ3) is 3.82. The number of aromatic nitrogens is 1. The van der Waals surface area contributed by atoms with Crippen LogP contribution in [0.15, 0.2) is 70.5 Å². The van der Waals surface area contributed by atoms with Gasteiger partial charge < -0.3 is 10.2 Å². The average Bonchev–Trinajstić information content (AvgIpc) is 2.79. The first-order chi connectivity index (χ1) is 15.4. The van der Waals surface area contributed by atoms with Gasteiger partial charge in [-0.15, -0.1) is 0 Å². The molecule has 0 radical (unpaired) electrons. The third-order valence-corrected chi connectivity index (χ3v) is 5.56. The van der Waals surface area contributed by atoms with E-state index in [9.17, 15) is 20.3 Å². The second kappa shape index (κ2) is 8.58. The number of hydrogen-bond donors (Lipinski definition) is 2. The lowest BCUT2D eigenvalue weighted by atomic mass is 10.0. The summed E-state index contributed by atoms with van der Waals surface area (Å²) in [6.07, 6.45) is 1.32. The summed E-state index contributed by atoms with van der Waals surface area (Å²) in [4.78, 5) is 17.2. The molecule has 0 aliphatic rings. The van der Waals surface area contributed by atoms with Crippen LogP contribution in [0.5, 0.6) is 11.6 Å². The van der Waals surface area contributed by atoms with E-state index in [0.29, 0.717) is 10.6 Å². The Bertz CT molecular complexity index is 1480. The van der Waals surface area contributed by atoms with Crippen molar-refractivity contribution in [2.75, 3.05) is 0 Å². The van der Waals surface area contributed by atoms with Gasteiger partial charge in [-0.05, 0) is 47.0 Å². The number of phenols is 1. The molecule has 0 spiro atoms. The van der Waals surface area contributed by atoms with Crippen LogP contribution in [0.2, 0.25) is 5.02 Å². The standard InChI is InChI=1S/C25H18ClN3O3/c1-15-20(12-27)24(31)29(14-17-7-4-6-16-5-2-3-8-19(16)17)25(32)21(15)13-28-22-11-18(26)9-10-23(22)30/h2-11,13,30,32H,14H2,1H3. The van der Waals surface area contributed by atoms with Gasteiger partial charge in [0.05, 0.1) is 12.1 Å². The summed E-state index contributed by atoms with van der Waals surface area (Å²) >= 11 is 5.97. The van der Waals surface area contributed by atoms with E-state index < -0.39 is 5.56 Å². The van der Waals surface area contributed by atoms with Crippen molar-refractivity contribution in [2.24, 2.45) is 4.99 Å². The minimum atomic E-state index is -0.585. The number of aromatic hydroxyl groups is 2. The second-order valence-corrected chi connectivity index (χ2v) is 7.71. The molecule has 4 rings (SSSR count). The van der Waals surface area contributed by atoms with Crippen LogP contribution in [0, 0.1) is 18.3 Å². The Labute approximate surface area is 188 Å². The monoisotopic (exact) mass is 443 g/mol. The number of benzene rings is 3. The van der Waals surface area contributed by atoms with Gasteiger partial charge in [0.15, 0.2) is 0 Å². The van der Waals surface area contributed by atoms with E-state index in [1.165, 1.54) is 24.4 Å². The van der Waals surface area contributed by atoms with Gasteiger partial charge >= 0.3 is 0 Å². The van der Waals surface area contributed by atoms with Gasteiger partial charge in [0.1, 0.15) is 23.1 Å². The summed E-state index contributed by atoms with van der Waals surface area (Å²) in [5.41, 5.74) is 0.860. The number of aliphatic imine (C=N–C) groups is 1. The molecule has 0 atom stereocenters. The van der Waals surface area contributed by atoms with Crippen LogP contribution in [-0.2, 0) is 6.54 Å². The Kier molecular flexibility index (Phi) is 5.67. The van der Waals surface area contributed by atoms with Crippen LogP contribution in [-0.4, -0.2) is 21.0 Å². The Morgan fingerprint density at radius 2 is 1.88 bits per heavy atom. The third-order valence-electron chi connectivity index (χ3n) is 5.32. The number of fused-ring (bicyclic) bond motifs is 1. The van der Waals surface area contributed by atoms with Gasteiger partial charge in [-0.1, -0.05) is 54.1 Å². The molecule has 0 fully saturated rings. The lowest BCUT2D eigenvalue weighted by Crippen LogP contribution is -2.26. The van der Waals surface area contributed by atoms with Gasteiger partial charge in [0.25, 0.3) is 5.56 Å². The predicted octanol–water partition coefficient (Wildman–Crippen LogP) is 5.05. The van der Waals surface area contributed by atoms with Crippen molar-refractivity contribution in [3.05, 3.63) is 98.3 Å². The minimum absolute atomic E-state index is 0.0736. The van der Waals surface area contributed by atoms with Gasteiger partial charge in [0, 0.05) is 11.2 Å². The van der Waals surface area contributed by atoms with Crippen molar-refractivity contribution >= 4 is 34.3 Å². The molecule has 3 aromatic carbocycles. The van der Waals surface area contributed by atoms with E-state index >= 15 is 0 Å². The van der Waals surface area contributed by atoms with Crippen molar-refractivity contribution in [3.8, 4) is 17.7 Å². The van der Waals surface area contributed by atoms with E-state index in [2.05, 4.69) is 4.99 Å². The summed E-state index contributed by atoms with van der Waals surface area (Å²) in [5.74, 6) is -0.405. The molecule has 1 aromatic heterocycles. The lowest BCUT2D eigenvalue weighted by Gasteiger charge is -2.15. The summed E-state index contributed by atoms with van der Waals surface area (Å²) in [5, 5.41) is 32.9. The molecule has 0 saturated carbocycles. The van der Waals surface area contributed by atoms with Crippen molar-refractivity contribution < 1.29 is 10.2 Å². The van der Waals surface area contributed by atoms with Crippen molar-refractivity contribution in [1.82, 2.24) is 4.57 Å². The molecule has 4 aromatic rings. The Balaban J connectivity index is 1.87. The summed E-state index contributed by atoms with van der Waals surface area (Å²) in [6, 6.07) is 19.8. The number of halogens is 1. The van der Waals surface area contributed by atoms with Crippen LogP contribution < -0.4 is 5.56 Å². The van der Waals surface area contributed by atoms with Crippen molar-refractivity contribution in [3.63, 3.8) is 0 Å².